The molecule has 2 aliphatic carbocycles. The fraction of sp³-hybridized carbons (Fsp3) is 0.818. The summed E-state index contributed by atoms with van der Waals surface area (Å²) in [5, 5.41) is 10.9. The van der Waals surface area contributed by atoms with Gasteiger partial charge in [-0.2, -0.15) is 0 Å². The SMILES string of the molecule is ClCc1nnc(NCC2CC3CCC2C3)o1. The zero-order valence-corrected chi connectivity index (χ0v) is 9.91. The van der Waals surface area contributed by atoms with Gasteiger partial charge in [-0.25, -0.2) is 0 Å². The van der Waals surface area contributed by atoms with Crippen LogP contribution in [-0.2, 0) is 5.88 Å². The van der Waals surface area contributed by atoms with Gasteiger partial charge in [0.15, 0.2) is 0 Å². The molecule has 4 nitrogen and oxygen atoms in total. The Balaban J connectivity index is 1.53. The zero-order valence-electron chi connectivity index (χ0n) is 9.16. The number of halogens is 1. The van der Waals surface area contributed by atoms with Crippen LogP contribution in [0.4, 0.5) is 6.01 Å². The highest BCUT2D eigenvalue weighted by atomic mass is 35.5. The standard InChI is InChI=1S/C11H16ClN3O/c12-5-10-14-15-11(16-10)13-6-9-4-7-1-2-8(9)3-7/h7-9H,1-6H2,(H,13,15). The lowest BCUT2D eigenvalue weighted by Crippen LogP contribution is -2.20. The Morgan fingerprint density at radius 3 is 2.88 bits per heavy atom. The highest BCUT2D eigenvalue weighted by Crippen LogP contribution is 2.48. The smallest absolute Gasteiger partial charge is 0.315 e. The van der Waals surface area contributed by atoms with Crippen LogP contribution in [-0.4, -0.2) is 16.7 Å². The Hall–Kier alpha value is -0.770. The summed E-state index contributed by atoms with van der Waals surface area (Å²) in [5.41, 5.74) is 0. The molecule has 2 aliphatic rings. The molecule has 2 bridgehead atoms. The predicted molar refractivity (Wildman–Crippen MR) is 61.3 cm³/mol. The first-order valence-electron chi connectivity index (χ1n) is 5.97. The van der Waals surface area contributed by atoms with Gasteiger partial charge in [-0.05, 0) is 37.0 Å². The molecule has 0 spiro atoms. The molecule has 2 saturated carbocycles. The number of rotatable bonds is 4. The molecule has 1 heterocycles. The van der Waals surface area contributed by atoms with Crippen LogP contribution in [0, 0.1) is 17.8 Å². The normalized spacial score (nSPS) is 32.2. The van der Waals surface area contributed by atoms with E-state index in [-0.39, 0.29) is 5.88 Å². The largest absolute Gasteiger partial charge is 0.407 e. The lowest BCUT2D eigenvalue weighted by atomic mass is 9.89. The molecule has 0 radical (unpaired) electrons. The first kappa shape index (κ1) is 10.4. The monoisotopic (exact) mass is 241 g/mol. The summed E-state index contributed by atoms with van der Waals surface area (Å²) in [5.74, 6) is 3.47. The highest BCUT2D eigenvalue weighted by molar-refractivity contribution is 6.16. The Morgan fingerprint density at radius 2 is 2.25 bits per heavy atom. The molecule has 5 heteroatoms. The van der Waals surface area contributed by atoms with Gasteiger partial charge >= 0.3 is 6.01 Å². The second kappa shape index (κ2) is 4.24. The van der Waals surface area contributed by atoms with E-state index in [4.69, 9.17) is 16.0 Å². The third-order valence-electron chi connectivity index (χ3n) is 3.98. The molecule has 3 atom stereocenters. The fourth-order valence-electron chi connectivity index (χ4n) is 3.22. The summed E-state index contributed by atoms with van der Waals surface area (Å²) in [6.07, 6.45) is 5.66. The molecule has 2 fully saturated rings. The van der Waals surface area contributed by atoms with Gasteiger partial charge in [-0.3, -0.25) is 0 Å². The van der Waals surface area contributed by atoms with Crippen LogP contribution in [0.25, 0.3) is 0 Å². The predicted octanol–water partition coefficient (Wildman–Crippen LogP) is 2.66. The molecule has 1 aromatic heterocycles. The van der Waals surface area contributed by atoms with Crippen molar-refractivity contribution >= 4 is 17.6 Å². The maximum Gasteiger partial charge on any atom is 0.315 e. The van der Waals surface area contributed by atoms with Crippen LogP contribution in [0.2, 0.25) is 0 Å². The maximum atomic E-state index is 5.59. The molecule has 88 valence electrons. The molecule has 1 aromatic rings. The van der Waals surface area contributed by atoms with Gasteiger partial charge in [0.25, 0.3) is 0 Å². The lowest BCUT2D eigenvalue weighted by molar-refractivity contribution is 0.345. The number of nitrogens with zero attached hydrogens (tertiary/aromatic N) is 2. The molecular weight excluding hydrogens is 226 g/mol. The highest BCUT2D eigenvalue weighted by Gasteiger charge is 2.39. The summed E-state index contributed by atoms with van der Waals surface area (Å²) < 4.78 is 5.31. The number of hydrogen-bond acceptors (Lipinski definition) is 4. The van der Waals surface area contributed by atoms with E-state index in [9.17, 15) is 0 Å². The van der Waals surface area contributed by atoms with E-state index in [0.717, 1.165) is 24.3 Å². The molecule has 0 aliphatic heterocycles. The Kier molecular flexibility index (Phi) is 2.75. The van der Waals surface area contributed by atoms with Gasteiger partial charge in [-0.1, -0.05) is 11.5 Å². The topological polar surface area (TPSA) is 51.0 Å². The molecule has 0 aromatic carbocycles. The number of aromatic nitrogens is 2. The number of anilines is 1. The van der Waals surface area contributed by atoms with Crippen LogP contribution >= 0.6 is 11.6 Å². The van der Waals surface area contributed by atoms with E-state index >= 15 is 0 Å². The van der Waals surface area contributed by atoms with Crippen molar-refractivity contribution in [2.45, 2.75) is 31.6 Å². The van der Waals surface area contributed by atoms with Crippen molar-refractivity contribution in [1.29, 1.82) is 0 Å². The minimum absolute atomic E-state index is 0.281. The molecule has 1 N–H and O–H groups in total. The summed E-state index contributed by atoms with van der Waals surface area (Å²) in [7, 11) is 0. The zero-order chi connectivity index (χ0) is 11.0. The number of nitrogens with one attached hydrogen (secondary N) is 1. The van der Waals surface area contributed by atoms with Crippen molar-refractivity contribution in [3.8, 4) is 0 Å². The Labute approximate surface area is 99.8 Å². The van der Waals surface area contributed by atoms with Gasteiger partial charge < -0.3 is 9.73 Å². The van der Waals surface area contributed by atoms with E-state index in [1.165, 1.54) is 25.7 Å². The van der Waals surface area contributed by atoms with Crippen LogP contribution < -0.4 is 5.32 Å². The minimum Gasteiger partial charge on any atom is -0.407 e. The van der Waals surface area contributed by atoms with Gasteiger partial charge in [0, 0.05) is 6.54 Å². The van der Waals surface area contributed by atoms with Gasteiger partial charge in [0.2, 0.25) is 5.89 Å². The van der Waals surface area contributed by atoms with Gasteiger partial charge in [-0.15, -0.1) is 16.7 Å². The Morgan fingerprint density at radius 1 is 1.31 bits per heavy atom. The third-order valence-corrected chi connectivity index (χ3v) is 4.21. The van der Waals surface area contributed by atoms with Crippen molar-refractivity contribution in [3.05, 3.63) is 5.89 Å². The lowest BCUT2D eigenvalue weighted by Gasteiger charge is -2.21. The molecule has 3 rings (SSSR count). The van der Waals surface area contributed by atoms with Crippen molar-refractivity contribution in [2.75, 3.05) is 11.9 Å². The summed E-state index contributed by atoms with van der Waals surface area (Å²) >= 11 is 5.59. The number of fused-ring (bicyclic) bond motifs is 2. The van der Waals surface area contributed by atoms with E-state index in [2.05, 4.69) is 15.5 Å². The van der Waals surface area contributed by atoms with E-state index in [1.54, 1.807) is 0 Å². The maximum absolute atomic E-state index is 5.59. The number of alkyl halides is 1. The van der Waals surface area contributed by atoms with Crippen molar-refractivity contribution in [1.82, 2.24) is 10.2 Å². The van der Waals surface area contributed by atoms with Crippen LogP contribution in [0.5, 0.6) is 0 Å². The first-order chi connectivity index (χ1) is 7.85. The van der Waals surface area contributed by atoms with E-state index < -0.39 is 0 Å². The quantitative estimate of drug-likeness (QED) is 0.824. The van der Waals surface area contributed by atoms with Crippen molar-refractivity contribution in [2.24, 2.45) is 17.8 Å². The van der Waals surface area contributed by atoms with Gasteiger partial charge in [0.05, 0.1) is 0 Å². The van der Waals surface area contributed by atoms with E-state index in [1.807, 2.05) is 0 Å². The molecule has 16 heavy (non-hydrogen) atoms. The minimum atomic E-state index is 0.281. The van der Waals surface area contributed by atoms with Crippen molar-refractivity contribution < 1.29 is 4.42 Å². The Bertz CT molecular complexity index is 368. The summed E-state index contributed by atoms with van der Waals surface area (Å²) in [4.78, 5) is 0. The van der Waals surface area contributed by atoms with Crippen molar-refractivity contribution in [3.63, 3.8) is 0 Å². The molecule has 0 saturated heterocycles. The van der Waals surface area contributed by atoms with Crippen LogP contribution in [0.1, 0.15) is 31.6 Å². The second-order valence-corrected chi connectivity index (χ2v) is 5.22. The summed E-state index contributed by atoms with van der Waals surface area (Å²) in [6, 6.07) is 0.512. The molecule has 0 amide bonds. The van der Waals surface area contributed by atoms with Gasteiger partial charge in [0.1, 0.15) is 5.88 Å². The van der Waals surface area contributed by atoms with E-state index in [0.29, 0.717) is 11.9 Å². The number of hydrogen-bond donors (Lipinski definition) is 1. The first-order valence-corrected chi connectivity index (χ1v) is 6.51. The van der Waals surface area contributed by atoms with Crippen LogP contribution in [0.15, 0.2) is 4.42 Å². The molecule has 3 unspecified atom stereocenters. The second-order valence-electron chi connectivity index (χ2n) is 4.95. The average Bonchev–Trinajstić information content (AvgIpc) is 3.02. The average molecular weight is 242 g/mol. The molecular formula is C11H16ClN3O. The third kappa shape index (κ3) is 1.90. The summed E-state index contributed by atoms with van der Waals surface area (Å²) in [6.45, 7) is 0.963. The fourth-order valence-corrected chi connectivity index (χ4v) is 3.33. The van der Waals surface area contributed by atoms with Crippen LogP contribution in [0.3, 0.4) is 0 Å².